The van der Waals surface area contributed by atoms with E-state index in [1.807, 2.05) is 20.8 Å². The molecule has 1 aliphatic rings. The number of carbonyl (C=O) groups excluding carboxylic acids is 1. The van der Waals surface area contributed by atoms with Crippen LogP contribution >= 0.6 is 0 Å². The van der Waals surface area contributed by atoms with Gasteiger partial charge in [0.05, 0.1) is 23.5 Å². The molecule has 2 atom stereocenters. The Bertz CT molecular complexity index is 440. The van der Waals surface area contributed by atoms with Gasteiger partial charge in [-0.1, -0.05) is 13.8 Å². The van der Waals surface area contributed by atoms with Crippen molar-refractivity contribution in [3.8, 4) is 0 Å². The lowest BCUT2D eigenvalue weighted by atomic mass is 9.56. The fraction of sp³-hybridized carbons (Fsp3) is 0.643. The van der Waals surface area contributed by atoms with Gasteiger partial charge in [-0.15, -0.1) is 0 Å². The molecule has 0 bridgehead atoms. The summed E-state index contributed by atoms with van der Waals surface area (Å²) >= 11 is 0. The normalized spacial score (nSPS) is 28.7. The molecule has 0 radical (unpaired) electrons. The van der Waals surface area contributed by atoms with Gasteiger partial charge in [-0.2, -0.15) is 0 Å². The molecule has 19 heavy (non-hydrogen) atoms. The first-order chi connectivity index (χ1) is 8.90. The van der Waals surface area contributed by atoms with E-state index in [1.54, 1.807) is 6.07 Å². The Morgan fingerprint density at radius 2 is 2.37 bits per heavy atom. The molecule has 0 saturated heterocycles. The quantitative estimate of drug-likeness (QED) is 0.849. The summed E-state index contributed by atoms with van der Waals surface area (Å²) in [6.07, 6.45) is 3.41. The predicted octanol–water partition coefficient (Wildman–Crippen LogP) is 1.58. The van der Waals surface area contributed by atoms with Crippen molar-refractivity contribution in [1.82, 2.24) is 5.32 Å². The van der Waals surface area contributed by atoms with Gasteiger partial charge in [0.1, 0.15) is 6.26 Å². The maximum atomic E-state index is 11.8. The number of furan rings is 1. The molecule has 1 heterocycles. The standard InChI is InChI=1S/C14H21NO4/c1-4-19-11-7-14(17,13(11,2)3)9-15-12(16)10-5-6-18-8-10/h5-6,8,11,17H,4,7,9H2,1-3H3,(H,15,16). The van der Waals surface area contributed by atoms with E-state index in [-0.39, 0.29) is 24.0 Å². The van der Waals surface area contributed by atoms with E-state index in [1.165, 1.54) is 12.5 Å². The molecular formula is C14H21NO4. The van der Waals surface area contributed by atoms with Crippen molar-refractivity contribution in [2.45, 2.75) is 38.9 Å². The van der Waals surface area contributed by atoms with E-state index in [2.05, 4.69) is 5.32 Å². The van der Waals surface area contributed by atoms with Crippen LogP contribution in [0.2, 0.25) is 0 Å². The number of ether oxygens (including phenoxy) is 1. The van der Waals surface area contributed by atoms with Crippen molar-refractivity contribution < 1.29 is 19.1 Å². The van der Waals surface area contributed by atoms with Gasteiger partial charge in [0, 0.05) is 25.0 Å². The van der Waals surface area contributed by atoms with Crippen LogP contribution < -0.4 is 5.32 Å². The van der Waals surface area contributed by atoms with E-state index in [0.29, 0.717) is 18.6 Å². The second kappa shape index (κ2) is 4.98. The summed E-state index contributed by atoms with van der Waals surface area (Å²) in [6.45, 7) is 6.70. The average molecular weight is 267 g/mol. The summed E-state index contributed by atoms with van der Waals surface area (Å²) in [7, 11) is 0. The molecule has 1 aromatic rings. The van der Waals surface area contributed by atoms with Crippen molar-refractivity contribution in [2.24, 2.45) is 5.41 Å². The fourth-order valence-corrected chi connectivity index (χ4v) is 2.48. The Morgan fingerprint density at radius 3 is 2.89 bits per heavy atom. The first-order valence-electron chi connectivity index (χ1n) is 6.55. The Balaban J connectivity index is 1.91. The Morgan fingerprint density at radius 1 is 1.63 bits per heavy atom. The third kappa shape index (κ3) is 2.40. The zero-order chi connectivity index (χ0) is 14.1. The summed E-state index contributed by atoms with van der Waals surface area (Å²) in [5, 5.41) is 13.3. The lowest BCUT2D eigenvalue weighted by Gasteiger charge is -2.57. The van der Waals surface area contributed by atoms with Crippen LogP contribution in [0.1, 0.15) is 37.6 Å². The van der Waals surface area contributed by atoms with E-state index in [9.17, 15) is 9.90 Å². The molecule has 5 nitrogen and oxygen atoms in total. The molecule has 0 aliphatic heterocycles. The number of nitrogens with one attached hydrogen (secondary N) is 1. The maximum Gasteiger partial charge on any atom is 0.254 e. The molecule has 2 N–H and O–H groups in total. The highest BCUT2D eigenvalue weighted by Gasteiger charge is 2.59. The Kier molecular flexibility index (Phi) is 3.69. The number of hydrogen-bond acceptors (Lipinski definition) is 4. The van der Waals surface area contributed by atoms with Crippen molar-refractivity contribution in [3.63, 3.8) is 0 Å². The van der Waals surface area contributed by atoms with Gasteiger partial charge in [-0.05, 0) is 13.0 Å². The number of hydrogen-bond donors (Lipinski definition) is 2. The number of carbonyl (C=O) groups is 1. The third-order valence-electron chi connectivity index (χ3n) is 4.22. The second-order valence-corrected chi connectivity index (χ2v) is 5.60. The van der Waals surface area contributed by atoms with Crippen molar-refractivity contribution in [3.05, 3.63) is 24.2 Å². The van der Waals surface area contributed by atoms with Gasteiger partial charge in [0.2, 0.25) is 0 Å². The van der Waals surface area contributed by atoms with Crippen LogP contribution in [-0.2, 0) is 4.74 Å². The van der Waals surface area contributed by atoms with E-state index < -0.39 is 5.60 Å². The molecule has 1 aliphatic carbocycles. The lowest BCUT2D eigenvalue weighted by molar-refractivity contribution is -0.237. The minimum atomic E-state index is -0.924. The molecule has 5 heteroatoms. The first-order valence-corrected chi connectivity index (χ1v) is 6.55. The predicted molar refractivity (Wildman–Crippen MR) is 69.8 cm³/mol. The van der Waals surface area contributed by atoms with Crippen molar-refractivity contribution in [1.29, 1.82) is 0 Å². The van der Waals surface area contributed by atoms with Crippen LogP contribution in [-0.4, -0.2) is 35.9 Å². The topological polar surface area (TPSA) is 71.7 Å². The lowest BCUT2D eigenvalue weighted by Crippen LogP contribution is -2.68. The van der Waals surface area contributed by atoms with Gasteiger partial charge in [0.25, 0.3) is 5.91 Å². The molecule has 2 unspecified atom stereocenters. The number of amides is 1. The number of rotatable bonds is 5. The van der Waals surface area contributed by atoms with Crippen LogP contribution in [0.4, 0.5) is 0 Å². The van der Waals surface area contributed by atoms with Gasteiger partial charge < -0.3 is 19.6 Å². The molecule has 1 amide bonds. The van der Waals surface area contributed by atoms with Crippen LogP contribution in [0.15, 0.2) is 23.0 Å². The highest BCUT2D eigenvalue weighted by Crippen LogP contribution is 2.50. The summed E-state index contributed by atoms with van der Waals surface area (Å²) in [5.41, 5.74) is -0.832. The maximum absolute atomic E-state index is 11.8. The average Bonchev–Trinajstić information content (AvgIpc) is 2.89. The monoisotopic (exact) mass is 267 g/mol. The first kappa shape index (κ1) is 14.1. The minimum Gasteiger partial charge on any atom is -0.472 e. The zero-order valence-electron chi connectivity index (χ0n) is 11.6. The molecule has 106 valence electrons. The van der Waals surface area contributed by atoms with Crippen LogP contribution in [0.3, 0.4) is 0 Å². The Labute approximate surface area is 112 Å². The van der Waals surface area contributed by atoms with Crippen LogP contribution in [0.25, 0.3) is 0 Å². The molecule has 0 aromatic carbocycles. The van der Waals surface area contributed by atoms with Crippen molar-refractivity contribution >= 4 is 5.91 Å². The van der Waals surface area contributed by atoms with Gasteiger partial charge in [-0.25, -0.2) is 0 Å². The molecule has 1 aromatic heterocycles. The zero-order valence-corrected chi connectivity index (χ0v) is 11.6. The van der Waals surface area contributed by atoms with Gasteiger partial charge in [0.15, 0.2) is 0 Å². The molecule has 1 saturated carbocycles. The SMILES string of the molecule is CCOC1CC(O)(CNC(=O)c2ccoc2)C1(C)C. The second-order valence-electron chi connectivity index (χ2n) is 5.60. The van der Waals surface area contributed by atoms with E-state index in [4.69, 9.17) is 9.15 Å². The van der Waals surface area contributed by atoms with Gasteiger partial charge >= 0.3 is 0 Å². The highest BCUT2D eigenvalue weighted by atomic mass is 16.5. The van der Waals surface area contributed by atoms with Crippen molar-refractivity contribution in [2.75, 3.05) is 13.2 Å². The Hall–Kier alpha value is -1.33. The summed E-state index contributed by atoms with van der Waals surface area (Å²) in [6, 6.07) is 1.59. The molecular weight excluding hydrogens is 246 g/mol. The van der Waals surface area contributed by atoms with Crippen LogP contribution in [0, 0.1) is 5.41 Å². The summed E-state index contributed by atoms with van der Waals surface area (Å²) in [4.78, 5) is 11.8. The van der Waals surface area contributed by atoms with Gasteiger partial charge in [-0.3, -0.25) is 4.79 Å². The van der Waals surface area contributed by atoms with E-state index >= 15 is 0 Å². The minimum absolute atomic E-state index is 0.0355. The third-order valence-corrected chi connectivity index (χ3v) is 4.22. The highest BCUT2D eigenvalue weighted by molar-refractivity contribution is 5.93. The smallest absolute Gasteiger partial charge is 0.254 e. The summed E-state index contributed by atoms with van der Waals surface area (Å²) < 4.78 is 10.4. The largest absolute Gasteiger partial charge is 0.472 e. The fourth-order valence-electron chi connectivity index (χ4n) is 2.48. The van der Waals surface area contributed by atoms with Crippen LogP contribution in [0.5, 0.6) is 0 Å². The summed E-state index contributed by atoms with van der Waals surface area (Å²) in [5.74, 6) is -0.238. The molecule has 0 spiro atoms. The number of aliphatic hydroxyl groups is 1. The molecule has 1 fully saturated rings. The molecule has 2 rings (SSSR count). The van der Waals surface area contributed by atoms with E-state index in [0.717, 1.165) is 0 Å².